The largest absolute Gasteiger partial charge is 0.372 e. The summed E-state index contributed by atoms with van der Waals surface area (Å²) < 4.78 is 6.83. The molecule has 1 aromatic heterocycles. The quantitative estimate of drug-likeness (QED) is 0.446. The van der Waals surface area contributed by atoms with Crippen molar-refractivity contribution in [3.63, 3.8) is 0 Å². The normalized spacial score (nSPS) is 9.82. The first-order valence-corrected chi connectivity index (χ1v) is 3.40. The van der Waals surface area contributed by atoms with Crippen LogP contribution in [-0.4, -0.2) is 29.1 Å². The van der Waals surface area contributed by atoms with Crippen LogP contribution in [0.4, 0.5) is 0 Å². The van der Waals surface area contributed by atoms with Crippen molar-refractivity contribution in [2.24, 2.45) is 0 Å². The van der Waals surface area contributed by atoms with E-state index in [0.717, 1.165) is 12.8 Å². The predicted octanol–water partition coefficient (Wildman–Crippen LogP) is 0.0986. The van der Waals surface area contributed by atoms with Crippen LogP contribution in [0.5, 0.6) is 0 Å². The van der Waals surface area contributed by atoms with Crippen molar-refractivity contribution in [2.45, 2.75) is 6.54 Å². The number of aldehydes is 1. The average Bonchev–Trinajstić information content (AvgIpc) is 2.50. The fourth-order valence-corrected chi connectivity index (χ4v) is 0.720. The molecule has 1 rings (SSSR count). The minimum Gasteiger partial charge on any atom is -0.372 e. The Kier molecular flexibility index (Phi) is 3.34. The Balaban J connectivity index is 2.09. The number of aromatic nitrogens is 2. The molecule has 0 radical (unpaired) electrons. The molecule has 0 unspecified atom stereocenters. The molecule has 0 fully saturated rings. The molecule has 0 saturated heterocycles. The van der Waals surface area contributed by atoms with E-state index >= 15 is 0 Å². The van der Waals surface area contributed by atoms with Gasteiger partial charge in [0.15, 0.2) is 0 Å². The summed E-state index contributed by atoms with van der Waals surface area (Å²) >= 11 is 0. The Hall–Kier alpha value is -1.16. The van der Waals surface area contributed by atoms with Gasteiger partial charge in [0.05, 0.1) is 12.9 Å². The van der Waals surface area contributed by atoms with Gasteiger partial charge in [-0.05, 0) is 0 Å². The summed E-state index contributed by atoms with van der Waals surface area (Å²) in [6.45, 7) is 1.47. The molecular weight excluding hydrogens is 144 g/mol. The van der Waals surface area contributed by atoms with E-state index in [2.05, 4.69) is 4.98 Å². The SMILES string of the molecule is O=CCOCCn1ccnc1. The summed E-state index contributed by atoms with van der Waals surface area (Å²) in [6.07, 6.45) is 6.02. The standard InChI is InChI=1S/C7H10N2O2/c10-4-6-11-5-3-9-2-1-8-7-9/h1-2,4,7H,3,5-6H2. The highest BCUT2D eigenvalue weighted by atomic mass is 16.5. The molecular formula is C7H10N2O2. The van der Waals surface area contributed by atoms with Crippen molar-refractivity contribution in [3.05, 3.63) is 18.7 Å². The van der Waals surface area contributed by atoms with Crippen molar-refractivity contribution in [1.29, 1.82) is 0 Å². The van der Waals surface area contributed by atoms with Gasteiger partial charge in [-0.15, -0.1) is 0 Å². The number of nitrogens with zero attached hydrogens (tertiary/aromatic N) is 2. The predicted molar refractivity (Wildman–Crippen MR) is 39.1 cm³/mol. The Morgan fingerprint density at radius 1 is 1.64 bits per heavy atom. The summed E-state index contributed by atoms with van der Waals surface area (Å²) in [6, 6.07) is 0. The van der Waals surface area contributed by atoms with Gasteiger partial charge in [-0.1, -0.05) is 0 Å². The van der Waals surface area contributed by atoms with Gasteiger partial charge >= 0.3 is 0 Å². The van der Waals surface area contributed by atoms with Crippen molar-refractivity contribution < 1.29 is 9.53 Å². The lowest BCUT2D eigenvalue weighted by molar-refractivity contribution is -0.111. The zero-order valence-corrected chi connectivity index (χ0v) is 6.14. The first-order valence-electron chi connectivity index (χ1n) is 3.40. The number of hydrogen-bond donors (Lipinski definition) is 0. The van der Waals surface area contributed by atoms with Crippen LogP contribution >= 0.6 is 0 Å². The van der Waals surface area contributed by atoms with Crippen molar-refractivity contribution in [2.75, 3.05) is 13.2 Å². The van der Waals surface area contributed by atoms with Crippen LogP contribution in [0.3, 0.4) is 0 Å². The lowest BCUT2D eigenvalue weighted by atomic mass is 10.6. The van der Waals surface area contributed by atoms with E-state index in [9.17, 15) is 4.79 Å². The third-order valence-electron chi connectivity index (χ3n) is 1.24. The van der Waals surface area contributed by atoms with E-state index in [4.69, 9.17) is 4.74 Å². The lowest BCUT2D eigenvalue weighted by Gasteiger charge is -1.99. The van der Waals surface area contributed by atoms with Crippen molar-refractivity contribution in [3.8, 4) is 0 Å². The molecule has 0 N–H and O–H groups in total. The van der Waals surface area contributed by atoms with Crippen LogP contribution in [0, 0.1) is 0 Å². The molecule has 1 heterocycles. The number of hydrogen-bond acceptors (Lipinski definition) is 3. The molecule has 0 aliphatic heterocycles. The summed E-state index contributed by atoms with van der Waals surface area (Å²) in [4.78, 5) is 13.7. The van der Waals surface area contributed by atoms with Gasteiger partial charge in [-0.2, -0.15) is 0 Å². The Morgan fingerprint density at radius 2 is 2.55 bits per heavy atom. The maximum atomic E-state index is 9.82. The van der Waals surface area contributed by atoms with Crippen LogP contribution < -0.4 is 0 Å². The summed E-state index contributed by atoms with van der Waals surface area (Å²) in [7, 11) is 0. The van der Waals surface area contributed by atoms with Gasteiger partial charge < -0.3 is 14.1 Å². The highest BCUT2D eigenvalue weighted by molar-refractivity contribution is 5.50. The fourth-order valence-electron chi connectivity index (χ4n) is 0.720. The summed E-state index contributed by atoms with van der Waals surface area (Å²) in [5, 5.41) is 0. The zero-order chi connectivity index (χ0) is 7.94. The van der Waals surface area contributed by atoms with Gasteiger partial charge in [-0.25, -0.2) is 4.98 Å². The van der Waals surface area contributed by atoms with E-state index < -0.39 is 0 Å². The van der Waals surface area contributed by atoms with Gasteiger partial charge in [0, 0.05) is 18.9 Å². The number of carbonyl (C=O) groups excluding carboxylic acids is 1. The van der Waals surface area contributed by atoms with Crippen LogP contribution in [0.1, 0.15) is 0 Å². The molecule has 4 heteroatoms. The smallest absolute Gasteiger partial charge is 0.145 e. The van der Waals surface area contributed by atoms with Crippen LogP contribution in [-0.2, 0) is 16.1 Å². The molecule has 4 nitrogen and oxygen atoms in total. The summed E-state index contributed by atoms with van der Waals surface area (Å²) in [5.41, 5.74) is 0. The molecule has 60 valence electrons. The van der Waals surface area contributed by atoms with Crippen LogP contribution in [0.15, 0.2) is 18.7 Å². The van der Waals surface area contributed by atoms with Crippen molar-refractivity contribution in [1.82, 2.24) is 9.55 Å². The van der Waals surface area contributed by atoms with Crippen LogP contribution in [0.25, 0.3) is 0 Å². The van der Waals surface area contributed by atoms with Gasteiger partial charge in [-0.3, -0.25) is 0 Å². The lowest BCUT2D eigenvalue weighted by Crippen LogP contribution is -2.05. The molecule has 0 aromatic carbocycles. The van der Waals surface area contributed by atoms with Gasteiger partial charge in [0.2, 0.25) is 0 Å². The molecule has 1 aromatic rings. The summed E-state index contributed by atoms with van der Waals surface area (Å²) in [5.74, 6) is 0. The Labute approximate surface area is 64.8 Å². The number of carbonyl (C=O) groups is 1. The topological polar surface area (TPSA) is 44.1 Å². The maximum Gasteiger partial charge on any atom is 0.145 e. The fraction of sp³-hybridized carbons (Fsp3) is 0.429. The number of imidazole rings is 1. The highest BCUT2D eigenvalue weighted by Gasteiger charge is 1.88. The van der Waals surface area contributed by atoms with Crippen LogP contribution in [0.2, 0.25) is 0 Å². The average molecular weight is 154 g/mol. The highest BCUT2D eigenvalue weighted by Crippen LogP contribution is 1.85. The maximum absolute atomic E-state index is 9.82. The Morgan fingerprint density at radius 3 is 3.18 bits per heavy atom. The number of rotatable bonds is 5. The Bertz CT molecular complexity index is 196. The molecule has 0 spiro atoms. The van der Waals surface area contributed by atoms with Gasteiger partial charge in [0.1, 0.15) is 12.9 Å². The minimum absolute atomic E-state index is 0.175. The third kappa shape index (κ3) is 2.95. The molecule has 0 amide bonds. The molecule has 0 aliphatic rings. The minimum atomic E-state index is 0.175. The van der Waals surface area contributed by atoms with Gasteiger partial charge in [0.25, 0.3) is 0 Å². The molecule has 0 atom stereocenters. The first kappa shape index (κ1) is 7.94. The molecule has 0 aliphatic carbocycles. The van der Waals surface area contributed by atoms with E-state index in [1.54, 1.807) is 12.5 Å². The molecule has 11 heavy (non-hydrogen) atoms. The van der Waals surface area contributed by atoms with E-state index in [1.807, 2.05) is 10.8 Å². The second-order valence-corrected chi connectivity index (χ2v) is 2.04. The van der Waals surface area contributed by atoms with E-state index in [1.165, 1.54) is 0 Å². The number of ether oxygens (including phenoxy) is 1. The van der Waals surface area contributed by atoms with Crippen molar-refractivity contribution >= 4 is 6.29 Å². The second-order valence-electron chi connectivity index (χ2n) is 2.04. The van der Waals surface area contributed by atoms with E-state index in [-0.39, 0.29) is 6.61 Å². The third-order valence-corrected chi connectivity index (χ3v) is 1.24. The molecule has 0 saturated carbocycles. The second kappa shape index (κ2) is 4.62. The van der Waals surface area contributed by atoms with E-state index in [0.29, 0.717) is 6.61 Å². The first-order chi connectivity index (χ1) is 5.43. The monoisotopic (exact) mass is 154 g/mol. The zero-order valence-electron chi connectivity index (χ0n) is 6.14. The molecule has 0 bridgehead atoms.